The summed E-state index contributed by atoms with van der Waals surface area (Å²) in [6, 6.07) is 7.68. The highest BCUT2D eigenvalue weighted by Crippen LogP contribution is 2.14. The molecule has 5 heteroatoms. The number of benzene rings is 1. The Morgan fingerprint density at radius 3 is 2.63 bits per heavy atom. The van der Waals surface area contributed by atoms with E-state index in [1.54, 1.807) is 7.11 Å². The average Bonchev–Trinajstić information content (AvgIpc) is 2.47. The molecule has 19 heavy (non-hydrogen) atoms. The van der Waals surface area contributed by atoms with E-state index in [0.29, 0.717) is 12.6 Å². The van der Waals surface area contributed by atoms with Crippen molar-refractivity contribution in [3.63, 3.8) is 0 Å². The molecule has 1 fully saturated rings. The Morgan fingerprint density at radius 2 is 2.00 bits per heavy atom. The number of hydrogen-bond acceptors (Lipinski definition) is 4. The first kappa shape index (κ1) is 13.8. The largest absolute Gasteiger partial charge is 0.497 e. The highest BCUT2D eigenvalue weighted by Gasteiger charge is 2.14. The second kappa shape index (κ2) is 7.11. The molecule has 0 aliphatic carbocycles. The van der Waals surface area contributed by atoms with Gasteiger partial charge in [0.25, 0.3) is 0 Å². The number of methoxy groups -OCH3 is 1. The van der Waals surface area contributed by atoms with Crippen LogP contribution in [0.2, 0.25) is 0 Å². The molecule has 1 aliphatic rings. The van der Waals surface area contributed by atoms with Gasteiger partial charge in [0.2, 0.25) is 5.91 Å². The van der Waals surface area contributed by atoms with E-state index in [1.165, 1.54) is 0 Å². The summed E-state index contributed by atoms with van der Waals surface area (Å²) in [4.78, 5) is 11.8. The number of amides is 1. The molecule has 2 rings (SSSR count). The van der Waals surface area contributed by atoms with Gasteiger partial charge in [-0.1, -0.05) is 0 Å². The van der Waals surface area contributed by atoms with Gasteiger partial charge in [-0.05, 0) is 37.1 Å². The highest BCUT2D eigenvalue weighted by molar-refractivity contribution is 5.92. The number of rotatable bonds is 5. The molecule has 0 aromatic heterocycles. The van der Waals surface area contributed by atoms with Crippen molar-refractivity contribution in [3.05, 3.63) is 24.3 Å². The van der Waals surface area contributed by atoms with Crippen LogP contribution in [0.3, 0.4) is 0 Å². The summed E-state index contributed by atoms with van der Waals surface area (Å²) in [7, 11) is 1.62. The van der Waals surface area contributed by atoms with E-state index in [1.807, 2.05) is 24.3 Å². The molecule has 0 radical (unpaired) electrons. The van der Waals surface area contributed by atoms with Crippen molar-refractivity contribution in [2.45, 2.75) is 18.9 Å². The predicted octanol–water partition coefficient (Wildman–Crippen LogP) is 1.40. The van der Waals surface area contributed by atoms with Crippen molar-refractivity contribution in [2.75, 3.05) is 32.2 Å². The van der Waals surface area contributed by atoms with Crippen molar-refractivity contribution < 1.29 is 14.3 Å². The van der Waals surface area contributed by atoms with Gasteiger partial charge < -0.3 is 20.1 Å². The van der Waals surface area contributed by atoms with Crippen molar-refractivity contribution in [3.8, 4) is 5.75 Å². The van der Waals surface area contributed by atoms with Crippen molar-refractivity contribution in [2.24, 2.45) is 0 Å². The van der Waals surface area contributed by atoms with E-state index in [2.05, 4.69) is 10.6 Å². The van der Waals surface area contributed by atoms with Crippen molar-refractivity contribution >= 4 is 11.6 Å². The van der Waals surface area contributed by atoms with Gasteiger partial charge >= 0.3 is 0 Å². The number of ether oxygens (including phenoxy) is 2. The van der Waals surface area contributed by atoms with Gasteiger partial charge in [0, 0.05) is 24.9 Å². The van der Waals surface area contributed by atoms with Crippen LogP contribution in [-0.2, 0) is 9.53 Å². The van der Waals surface area contributed by atoms with Crippen LogP contribution >= 0.6 is 0 Å². The summed E-state index contributed by atoms with van der Waals surface area (Å²) in [5.74, 6) is 0.745. The zero-order valence-corrected chi connectivity index (χ0v) is 11.1. The van der Waals surface area contributed by atoms with Crippen LogP contribution in [0.1, 0.15) is 12.8 Å². The number of carbonyl (C=O) groups is 1. The zero-order valence-electron chi connectivity index (χ0n) is 11.1. The summed E-state index contributed by atoms with van der Waals surface area (Å²) in [6.07, 6.45) is 1.94. The molecular formula is C14H20N2O3. The van der Waals surface area contributed by atoms with E-state index in [4.69, 9.17) is 9.47 Å². The molecule has 0 saturated carbocycles. The standard InChI is InChI=1S/C14H20N2O3/c1-18-13-4-2-12(3-5-13)16-14(17)10-15-11-6-8-19-9-7-11/h2-5,11,15H,6-10H2,1H3,(H,16,17). The quantitative estimate of drug-likeness (QED) is 0.844. The summed E-state index contributed by atoms with van der Waals surface area (Å²) in [5.41, 5.74) is 0.777. The molecule has 2 N–H and O–H groups in total. The lowest BCUT2D eigenvalue weighted by Gasteiger charge is -2.22. The minimum absolute atomic E-state index is 0.0309. The lowest BCUT2D eigenvalue weighted by molar-refractivity contribution is -0.115. The van der Waals surface area contributed by atoms with Gasteiger partial charge in [0.1, 0.15) is 5.75 Å². The second-order valence-corrected chi connectivity index (χ2v) is 4.54. The van der Waals surface area contributed by atoms with Gasteiger partial charge in [-0.25, -0.2) is 0 Å². The second-order valence-electron chi connectivity index (χ2n) is 4.54. The molecule has 0 atom stereocenters. The summed E-state index contributed by atoms with van der Waals surface area (Å²) >= 11 is 0. The average molecular weight is 264 g/mol. The van der Waals surface area contributed by atoms with Crippen LogP contribution < -0.4 is 15.4 Å². The van der Waals surface area contributed by atoms with E-state index in [9.17, 15) is 4.79 Å². The molecule has 1 aromatic rings. The molecule has 5 nitrogen and oxygen atoms in total. The molecule has 0 spiro atoms. The molecule has 1 amide bonds. The normalized spacial score (nSPS) is 16.1. The molecular weight excluding hydrogens is 244 g/mol. The molecule has 1 heterocycles. The number of carbonyl (C=O) groups excluding carboxylic acids is 1. The number of anilines is 1. The molecule has 0 bridgehead atoms. The van der Waals surface area contributed by atoms with Gasteiger partial charge in [-0.3, -0.25) is 4.79 Å². The van der Waals surface area contributed by atoms with Crippen LogP contribution in [0, 0.1) is 0 Å². The first-order valence-corrected chi connectivity index (χ1v) is 6.53. The Kier molecular flexibility index (Phi) is 5.18. The van der Waals surface area contributed by atoms with E-state index < -0.39 is 0 Å². The fraction of sp³-hybridized carbons (Fsp3) is 0.500. The van der Waals surface area contributed by atoms with Crippen LogP contribution in [0.25, 0.3) is 0 Å². The molecule has 1 saturated heterocycles. The Bertz CT molecular complexity index is 400. The number of hydrogen-bond donors (Lipinski definition) is 2. The summed E-state index contributed by atoms with van der Waals surface area (Å²) < 4.78 is 10.3. The van der Waals surface area contributed by atoms with Crippen molar-refractivity contribution in [1.82, 2.24) is 5.32 Å². The lowest BCUT2D eigenvalue weighted by Crippen LogP contribution is -2.39. The maximum Gasteiger partial charge on any atom is 0.238 e. The van der Waals surface area contributed by atoms with E-state index in [0.717, 1.165) is 37.5 Å². The fourth-order valence-electron chi connectivity index (χ4n) is 2.02. The fourth-order valence-corrected chi connectivity index (χ4v) is 2.02. The third kappa shape index (κ3) is 4.54. The third-order valence-corrected chi connectivity index (χ3v) is 3.15. The SMILES string of the molecule is COc1ccc(NC(=O)CNC2CCOCC2)cc1. The van der Waals surface area contributed by atoms with E-state index >= 15 is 0 Å². The minimum atomic E-state index is -0.0309. The molecule has 104 valence electrons. The Labute approximate surface area is 113 Å². The smallest absolute Gasteiger partial charge is 0.238 e. The minimum Gasteiger partial charge on any atom is -0.497 e. The van der Waals surface area contributed by atoms with Crippen LogP contribution in [0.15, 0.2) is 24.3 Å². The maximum atomic E-state index is 11.8. The van der Waals surface area contributed by atoms with Crippen molar-refractivity contribution in [1.29, 1.82) is 0 Å². The van der Waals surface area contributed by atoms with Gasteiger partial charge in [-0.15, -0.1) is 0 Å². The topological polar surface area (TPSA) is 59.6 Å². The van der Waals surface area contributed by atoms with E-state index in [-0.39, 0.29) is 5.91 Å². The van der Waals surface area contributed by atoms with Crippen LogP contribution in [-0.4, -0.2) is 38.8 Å². The first-order chi connectivity index (χ1) is 9.28. The monoisotopic (exact) mass is 264 g/mol. The van der Waals surface area contributed by atoms with Gasteiger partial charge in [-0.2, -0.15) is 0 Å². The lowest BCUT2D eigenvalue weighted by atomic mass is 10.1. The third-order valence-electron chi connectivity index (χ3n) is 3.15. The first-order valence-electron chi connectivity index (χ1n) is 6.53. The Hall–Kier alpha value is -1.59. The predicted molar refractivity (Wildman–Crippen MR) is 73.5 cm³/mol. The van der Waals surface area contributed by atoms with Crippen LogP contribution in [0.4, 0.5) is 5.69 Å². The number of nitrogens with one attached hydrogen (secondary N) is 2. The Morgan fingerprint density at radius 1 is 1.32 bits per heavy atom. The van der Waals surface area contributed by atoms with Crippen LogP contribution in [0.5, 0.6) is 5.75 Å². The zero-order chi connectivity index (χ0) is 13.5. The summed E-state index contributed by atoms with van der Waals surface area (Å²) in [6.45, 7) is 1.88. The van der Waals surface area contributed by atoms with Gasteiger partial charge in [0.05, 0.1) is 13.7 Å². The highest BCUT2D eigenvalue weighted by atomic mass is 16.5. The van der Waals surface area contributed by atoms with Gasteiger partial charge in [0.15, 0.2) is 0 Å². The molecule has 0 unspecified atom stereocenters. The molecule has 1 aliphatic heterocycles. The maximum absolute atomic E-state index is 11.8. The molecule has 1 aromatic carbocycles. The Balaban J connectivity index is 1.73. The summed E-state index contributed by atoms with van der Waals surface area (Å²) in [5, 5.41) is 6.09.